The summed E-state index contributed by atoms with van der Waals surface area (Å²) in [4.78, 5) is 37.9. The van der Waals surface area contributed by atoms with Gasteiger partial charge < -0.3 is 10.6 Å². The molecule has 0 unspecified atom stereocenters. The lowest BCUT2D eigenvalue weighted by Crippen LogP contribution is -2.47. The van der Waals surface area contributed by atoms with Crippen LogP contribution in [0.2, 0.25) is 0 Å². The monoisotopic (exact) mass is 340 g/mol. The number of imide groups is 1. The maximum absolute atomic E-state index is 11.8. The number of carbonyl (C=O) groups excluding carboxylic acids is 3. The van der Waals surface area contributed by atoms with Gasteiger partial charge in [-0.3, -0.25) is 19.8 Å². The number of nitrogens with zero attached hydrogens (tertiary/aromatic N) is 1. The van der Waals surface area contributed by atoms with Gasteiger partial charge in [0.2, 0.25) is 11.8 Å². The Morgan fingerprint density at radius 2 is 1.91 bits per heavy atom. The molecule has 3 N–H and O–H groups in total. The van der Waals surface area contributed by atoms with Crippen molar-refractivity contribution in [1.82, 2.24) is 20.9 Å². The third kappa shape index (κ3) is 8.32. The summed E-state index contributed by atoms with van der Waals surface area (Å²) in [6.07, 6.45) is 0. The van der Waals surface area contributed by atoms with Crippen molar-refractivity contribution in [2.45, 2.75) is 33.4 Å². The zero-order valence-electron chi connectivity index (χ0n) is 13.7. The first-order valence-corrected chi connectivity index (χ1v) is 8.40. The smallest absolute Gasteiger partial charge is 0.321 e. The van der Waals surface area contributed by atoms with Crippen molar-refractivity contribution in [2.75, 3.05) is 19.6 Å². The minimum absolute atomic E-state index is 0.00552. The Morgan fingerprint density at radius 3 is 2.48 bits per heavy atom. The lowest BCUT2D eigenvalue weighted by atomic mass is 10.3. The van der Waals surface area contributed by atoms with Crippen LogP contribution in [0.5, 0.6) is 0 Å². The van der Waals surface area contributed by atoms with Gasteiger partial charge >= 0.3 is 6.03 Å². The molecule has 0 aliphatic rings. The molecule has 0 bridgehead atoms. The molecule has 128 valence electrons. The van der Waals surface area contributed by atoms with Crippen molar-refractivity contribution in [2.24, 2.45) is 0 Å². The van der Waals surface area contributed by atoms with E-state index in [0.29, 0.717) is 13.1 Å². The van der Waals surface area contributed by atoms with E-state index in [1.54, 1.807) is 4.90 Å². The van der Waals surface area contributed by atoms with Crippen LogP contribution in [0.4, 0.5) is 4.79 Å². The van der Waals surface area contributed by atoms with Crippen molar-refractivity contribution in [3.63, 3.8) is 0 Å². The third-order valence-corrected chi connectivity index (χ3v) is 3.76. The average Bonchev–Trinajstić information content (AvgIpc) is 2.96. The molecule has 0 aromatic carbocycles. The van der Waals surface area contributed by atoms with Crippen LogP contribution in [0.3, 0.4) is 0 Å². The second-order valence-electron chi connectivity index (χ2n) is 5.34. The number of hydrogen-bond acceptors (Lipinski definition) is 5. The molecule has 1 aromatic heterocycles. The molecule has 0 saturated heterocycles. The predicted molar refractivity (Wildman–Crippen MR) is 90.1 cm³/mol. The number of thiophene rings is 1. The van der Waals surface area contributed by atoms with Gasteiger partial charge in [-0.15, -0.1) is 11.3 Å². The van der Waals surface area contributed by atoms with Crippen LogP contribution in [0.25, 0.3) is 0 Å². The minimum atomic E-state index is -0.536. The van der Waals surface area contributed by atoms with Gasteiger partial charge in [0, 0.05) is 10.9 Å². The van der Waals surface area contributed by atoms with Crippen molar-refractivity contribution in [3.05, 3.63) is 22.4 Å². The normalized spacial score (nSPS) is 10.7. The highest BCUT2D eigenvalue weighted by Gasteiger charge is 2.15. The second-order valence-corrected chi connectivity index (χ2v) is 6.37. The number of urea groups is 1. The fourth-order valence-corrected chi connectivity index (χ4v) is 2.49. The van der Waals surface area contributed by atoms with Crippen LogP contribution in [0.1, 0.15) is 25.6 Å². The molecule has 1 rings (SSSR count). The Kier molecular flexibility index (Phi) is 8.28. The molecule has 1 aromatic rings. The van der Waals surface area contributed by atoms with Crippen LogP contribution in [-0.4, -0.2) is 48.4 Å². The van der Waals surface area contributed by atoms with Gasteiger partial charge in [-0.1, -0.05) is 13.0 Å². The summed E-state index contributed by atoms with van der Waals surface area (Å²) in [5.74, 6) is -0.579. The van der Waals surface area contributed by atoms with Gasteiger partial charge in [-0.25, -0.2) is 4.79 Å². The molecule has 0 aliphatic heterocycles. The molecule has 0 fully saturated rings. The van der Waals surface area contributed by atoms with Gasteiger partial charge in [0.25, 0.3) is 0 Å². The zero-order valence-corrected chi connectivity index (χ0v) is 14.5. The quantitative estimate of drug-likeness (QED) is 0.656. The fourth-order valence-electron chi connectivity index (χ4n) is 1.84. The highest BCUT2D eigenvalue weighted by molar-refractivity contribution is 7.09. The molecule has 0 aliphatic carbocycles. The van der Waals surface area contributed by atoms with Crippen molar-refractivity contribution >= 4 is 29.2 Å². The van der Waals surface area contributed by atoms with E-state index in [0.717, 1.165) is 4.88 Å². The molecule has 0 radical (unpaired) electrons. The van der Waals surface area contributed by atoms with Crippen LogP contribution >= 0.6 is 11.3 Å². The minimum Gasteiger partial charge on any atom is -0.353 e. The molecular formula is C15H24N4O3S. The van der Waals surface area contributed by atoms with Crippen LogP contribution in [0, 0.1) is 0 Å². The van der Waals surface area contributed by atoms with Gasteiger partial charge in [0.05, 0.1) is 19.6 Å². The summed E-state index contributed by atoms with van der Waals surface area (Å²) in [6, 6.07) is 3.31. The number of carbonyl (C=O) groups is 3. The summed E-state index contributed by atoms with van der Waals surface area (Å²) in [5.41, 5.74) is 0. The summed E-state index contributed by atoms with van der Waals surface area (Å²) >= 11 is 1.53. The summed E-state index contributed by atoms with van der Waals surface area (Å²) in [6.45, 7) is 6.64. The maximum Gasteiger partial charge on any atom is 0.321 e. The van der Waals surface area contributed by atoms with Gasteiger partial charge in [0.15, 0.2) is 0 Å². The molecule has 8 heteroatoms. The summed E-state index contributed by atoms with van der Waals surface area (Å²) in [5, 5.41) is 9.56. The van der Waals surface area contributed by atoms with Crippen molar-refractivity contribution < 1.29 is 14.4 Å². The number of rotatable bonds is 8. The van der Waals surface area contributed by atoms with Gasteiger partial charge in [-0.2, -0.15) is 0 Å². The molecule has 7 nitrogen and oxygen atoms in total. The van der Waals surface area contributed by atoms with Crippen molar-refractivity contribution in [3.8, 4) is 0 Å². The van der Waals surface area contributed by atoms with Crippen molar-refractivity contribution in [1.29, 1.82) is 0 Å². The molecule has 4 amide bonds. The first-order valence-electron chi connectivity index (χ1n) is 7.52. The fraction of sp³-hybridized carbons (Fsp3) is 0.533. The van der Waals surface area contributed by atoms with E-state index in [1.165, 1.54) is 11.3 Å². The number of amides is 4. The maximum atomic E-state index is 11.8. The standard InChI is InChI=1S/C15H24N4O3S/c1-4-19(9-13(20)17-11(2)3)10-14(21)18-15(22)16-8-12-6-5-7-23-12/h5-7,11H,4,8-10H2,1-3H3,(H,17,20)(H2,16,18,21,22). The number of hydrogen-bond donors (Lipinski definition) is 3. The molecule has 0 atom stereocenters. The highest BCUT2D eigenvalue weighted by Crippen LogP contribution is 2.06. The Bertz CT molecular complexity index is 517. The Morgan fingerprint density at radius 1 is 1.22 bits per heavy atom. The Balaban J connectivity index is 2.32. The van der Waals surface area contributed by atoms with Gasteiger partial charge in [-0.05, 0) is 31.8 Å². The first-order chi connectivity index (χ1) is 10.9. The lowest BCUT2D eigenvalue weighted by Gasteiger charge is -2.20. The topological polar surface area (TPSA) is 90.5 Å². The summed E-state index contributed by atoms with van der Waals surface area (Å²) < 4.78 is 0. The first kappa shape index (κ1) is 19.1. The third-order valence-electron chi connectivity index (χ3n) is 2.89. The van der Waals surface area contributed by atoms with Crippen LogP contribution < -0.4 is 16.0 Å². The van der Waals surface area contributed by atoms with Gasteiger partial charge in [0.1, 0.15) is 0 Å². The number of nitrogens with one attached hydrogen (secondary N) is 3. The molecule has 0 spiro atoms. The lowest BCUT2D eigenvalue weighted by molar-refractivity contribution is -0.124. The van der Waals surface area contributed by atoms with E-state index in [2.05, 4.69) is 16.0 Å². The molecule has 23 heavy (non-hydrogen) atoms. The zero-order chi connectivity index (χ0) is 17.2. The van der Waals surface area contributed by atoms with E-state index in [1.807, 2.05) is 38.3 Å². The summed E-state index contributed by atoms with van der Waals surface area (Å²) in [7, 11) is 0. The van der Waals surface area contributed by atoms with E-state index >= 15 is 0 Å². The van der Waals surface area contributed by atoms with E-state index in [4.69, 9.17) is 0 Å². The predicted octanol–water partition coefficient (Wildman–Crippen LogP) is 0.920. The molecular weight excluding hydrogens is 316 g/mol. The molecule has 1 heterocycles. The Hall–Kier alpha value is -1.93. The van der Waals surface area contributed by atoms with Crippen LogP contribution in [-0.2, 0) is 16.1 Å². The average molecular weight is 340 g/mol. The van der Waals surface area contributed by atoms with E-state index < -0.39 is 11.9 Å². The van der Waals surface area contributed by atoms with Crippen LogP contribution in [0.15, 0.2) is 17.5 Å². The Labute approximate surface area is 140 Å². The van der Waals surface area contributed by atoms with E-state index in [-0.39, 0.29) is 25.0 Å². The second kappa shape index (κ2) is 9.96. The highest BCUT2D eigenvalue weighted by atomic mass is 32.1. The number of likely N-dealkylation sites (N-methyl/N-ethyl adjacent to an activating group) is 1. The van der Waals surface area contributed by atoms with E-state index in [9.17, 15) is 14.4 Å². The molecule has 0 saturated carbocycles. The largest absolute Gasteiger partial charge is 0.353 e. The SMILES string of the molecule is CCN(CC(=O)NC(=O)NCc1cccs1)CC(=O)NC(C)C.